The van der Waals surface area contributed by atoms with Crippen molar-refractivity contribution in [3.63, 3.8) is 0 Å². The topological polar surface area (TPSA) is 111 Å². The molecule has 0 bridgehead atoms. The quantitative estimate of drug-likeness (QED) is 0.187. The molecule has 21 heavy (non-hydrogen) atoms. The first-order chi connectivity index (χ1) is 9.84. The number of hydrogen-bond acceptors (Lipinski definition) is 7. The molecule has 9 heteroatoms. The summed E-state index contributed by atoms with van der Waals surface area (Å²) in [6.45, 7) is 5.96. The monoisotopic (exact) mass is 359 g/mol. The van der Waals surface area contributed by atoms with Crippen molar-refractivity contribution >= 4 is 30.4 Å². The maximum absolute atomic E-state index is 12.5. The third kappa shape index (κ3) is 4.30. The Kier molecular flexibility index (Phi) is 5.92. The predicted octanol–water partition coefficient (Wildman–Crippen LogP) is 0.220. The minimum absolute atomic E-state index is 0.0932. The van der Waals surface area contributed by atoms with Crippen LogP contribution in [0.5, 0.6) is 5.75 Å². The van der Waals surface area contributed by atoms with Gasteiger partial charge in [-0.2, -0.15) is 0 Å². The predicted molar refractivity (Wildman–Crippen MR) is 71.7 cm³/mol. The van der Waals surface area contributed by atoms with E-state index in [1.54, 1.807) is 13.0 Å². The molecule has 1 rings (SSSR count). The van der Waals surface area contributed by atoms with Crippen molar-refractivity contribution in [2.24, 2.45) is 0 Å². The molecule has 0 radical (unpaired) electrons. The van der Waals surface area contributed by atoms with Gasteiger partial charge in [0, 0.05) is 0 Å². The zero-order valence-electron chi connectivity index (χ0n) is 11.4. The summed E-state index contributed by atoms with van der Waals surface area (Å²) in [6.07, 6.45) is 0.919. The molecular weight excluding hydrogens is 345 g/mol. The van der Waals surface area contributed by atoms with Crippen LogP contribution in [0, 0.1) is 6.92 Å². The summed E-state index contributed by atoms with van der Waals surface area (Å²) in [6, 6.07) is 4.38. The summed E-state index contributed by atoms with van der Waals surface area (Å²) in [5, 5.41) is 8.89. The normalized spacial score (nSPS) is 13.1. The first kappa shape index (κ1) is 17.2. The molecule has 0 saturated heterocycles. The van der Waals surface area contributed by atoms with Crippen LogP contribution in [-0.2, 0) is 21.0 Å². The molecule has 8 nitrogen and oxygen atoms in total. The van der Waals surface area contributed by atoms with Crippen LogP contribution in [-0.4, -0.2) is 31.3 Å². The van der Waals surface area contributed by atoms with Crippen LogP contribution >= 0.6 is 0 Å². The van der Waals surface area contributed by atoms with Crippen LogP contribution in [0.15, 0.2) is 30.9 Å². The maximum atomic E-state index is 12.5. The molecule has 0 fully saturated rings. The molecule has 1 aromatic rings. The Labute approximate surface area is 123 Å². The standard InChI is InChI=1S/C12H14AsNO7/c1-4-11(16)19-12-8(2)6-5-7-10(12)13(17,21-18)20-14-9(3)15/h4-7,18H,1H2,2-3H3,(H,14,15). The average molecular weight is 359 g/mol. The molecule has 0 aliphatic carbocycles. The van der Waals surface area contributed by atoms with E-state index in [0.29, 0.717) is 5.56 Å². The van der Waals surface area contributed by atoms with Gasteiger partial charge in [-0.15, -0.1) is 0 Å². The zero-order valence-corrected chi connectivity index (χ0v) is 13.2. The van der Waals surface area contributed by atoms with E-state index in [1.165, 1.54) is 12.1 Å². The van der Waals surface area contributed by atoms with Crippen molar-refractivity contribution in [2.75, 3.05) is 0 Å². The van der Waals surface area contributed by atoms with Crippen molar-refractivity contribution in [3.05, 3.63) is 36.4 Å². The van der Waals surface area contributed by atoms with E-state index in [-0.39, 0.29) is 10.1 Å². The van der Waals surface area contributed by atoms with Crippen LogP contribution in [0.3, 0.4) is 0 Å². The third-order valence-corrected chi connectivity index (χ3v) is 5.40. The van der Waals surface area contributed by atoms with Crippen molar-refractivity contribution < 1.29 is 31.0 Å². The van der Waals surface area contributed by atoms with Gasteiger partial charge in [0.2, 0.25) is 0 Å². The second kappa shape index (κ2) is 7.23. The van der Waals surface area contributed by atoms with E-state index in [2.05, 4.69) is 14.3 Å². The third-order valence-electron chi connectivity index (χ3n) is 2.27. The van der Waals surface area contributed by atoms with Crippen molar-refractivity contribution in [3.8, 4) is 5.75 Å². The first-order valence-corrected chi connectivity index (χ1v) is 8.90. The zero-order chi connectivity index (χ0) is 16.0. The van der Waals surface area contributed by atoms with Crippen LogP contribution in [0.1, 0.15) is 12.5 Å². The van der Waals surface area contributed by atoms with Gasteiger partial charge in [-0.1, -0.05) is 0 Å². The van der Waals surface area contributed by atoms with Crippen LogP contribution in [0.2, 0.25) is 0 Å². The summed E-state index contributed by atoms with van der Waals surface area (Å²) >= 11 is -5.05. The van der Waals surface area contributed by atoms with Gasteiger partial charge >= 0.3 is 123 Å². The molecule has 0 aromatic heterocycles. The molecule has 1 atom stereocenters. The minimum atomic E-state index is -5.05. The molecule has 114 valence electrons. The summed E-state index contributed by atoms with van der Waals surface area (Å²) in [7, 11) is 0. The van der Waals surface area contributed by atoms with Crippen LogP contribution < -0.4 is 14.6 Å². The fourth-order valence-corrected chi connectivity index (χ4v) is 3.90. The van der Waals surface area contributed by atoms with E-state index in [0.717, 1.165) is 13.0 Å². The Balaban J connectivity index is 3.28. The average Bonchev–Trinajstić information content (AvgIpc) is 2.46. The number of carbonyl (C=O) groups is 2. The van der Waals surface area contributed by atoms with E-state index < -0.39 is 26.0 Å². The molecule has 0 aliphatic rings. The second-order valence-corrected chi connectivity index (χ2v) is 7.70. The Hall–Kier alpha value is -1.86. The molecule has 0 aliphatic heterocycles. The van der Waals surface area contributed by atoms with Crippen LogP contribution in [0.4, 0.5) is 0 Å². The Morgan fingerprint density at radius 1 is 1.43 bits per heavy atom. The Morgan fingerprint density at radius 2 is 2.10 bits per heavy atom. The molecule has 0 saturated carbocycles. The summed E-state index contributed by atoms with van der Waals surface area (Å²) < 4.78 is 25.9. The Morgan fingerprint density at radius 3 is 2.62 bits per heavy atom. The number of para-hydroxylation sites is 1. The van der Waals surface area contributed by atoms with Gasteiger partial charge in [-0.05, 0) is 0 Å². The second-order valence-electron chi connectivity index (χ2n) is 3.88. The van der Waals surface area contributed by atoms with Gasteiger partial charge in [-0.3, -0.25) is 0 Å². The molecule has 2 N–H and O–H groups in total. The first-order valence-electron chi connectivity index (χ1n) is 5.67. The number of esters is 1. The van der Waals surface area contributed by atoms with E-state index in [9.17, 15) is 13.3 Å². The van der Waals surface area contributed by atoms with Gasteiger partial charge in [0.15, 0.2) is 0 Å². The summed E-state index contributed by atoms with van der Waals surface area (Å²) in [4.78, 5) is 22.2. The molecule has 0 spiro atoms. The van der Waals surface area contributed by atoms with Gasteiger partial charge in [-0.25, -0.2) is 0 Å². The van der Waals surface area contributed by atoms with Crippen molar-refractivity contribution in [2.45, 2.75) is 13.8 Å². The molecular formula is C12H14AsNO7. The van der Waals surface area contributed by atoms with E-state index in [1.807, 2.05) is 5.48 Å². The SMILES string of the molecule is C=CC(=O)Oc1c(C)cccc1[As](=O)(OO)ONC(C)=O. The number of hydrogen-bond donors (Lipinski definition) is 2. The van der Waals surface area contributed by atoms with E-state index >= 15 is 0 Å². The van der Waals surface area contributed by atoms with Gasteiger partial charge in [0.25, 0.3) is 0 Å². The number of nitrogens with one attached hydrogen (secondary N) is 1. The molecule has 1 amide bonds. The number of hydroxylamine groups is 1. The summed E-state index contributed by atoms with van der Waals surface area (Å²) in [5.74, 6) is -1.53. The van der Waals surface area contributed by atoms with E-state index in [4.69, 9.17) is 9.99 Å². The van der Waals surface area contributed by atoms with Crippen molar-refractivity contribution in [1.82, 2.24) is 5.48 Å². The number of aryl methyl sites for hydroxylation is 1. The number of carbonyl (C=O) groups excluding carboxylic acids is 2. The number of amides is 1. The Bertz CT molecular complexity index is 614. The summed E-state index contributed by atoms with van der Waals surface area (Å²) in [5.41, 5.74) is 2.28. The van der Waals surface area contributed by atoms with Crippen molar-refractivity contribution in [1.29, 1.82) is 0 Å². The molecule has 1 unspecified atom stereocenters. The molecule has 1 aromatic carbocycles. The van der Waals surface area contributed by atoms with Gasteiger partial charge < -0.3 is 0 Å². The number of rotatable bonds is 6. The van der Waals surface area contributed by atoms with Crippen LogP contribution in [0.25, 0.3) is 0 Å². The van der Waals surface area contributed by atoms with Gasteiger partial charge in [0.1, 0.15) is 0 Å². The fraction of sp³-hybridized carbons (Fsp3) is 0.167. The van der Waals surface area contributed by atoms with Gasteiger partial charge in [0.05, 0.1) is 0 Å². The fourth-order valence-electron chi connectivity index (χ4n) is 1.36. The number of benzene rings is 1. The molecule has 0 heterocycles. The number of ether oxygens (including phenoxy) is 1.